The second-order valence-electron chi connectivity index (χ2n) is 2.91. The van der Waals surface area contributed by atoms with Gasteiger partial charge >= 0.3 is 80.5 Å². The van der Waals surface area contributed by atoms with Gasteiger partial charge < -0.3 is 12.4 Å². The first-order chi connectivity index (χ1) is 5.75. The van der Waals surface area contributed by atoms with E-state index in [4.69, 9.17) is 3.79 Å². The van der Waals surface area contributed by atoms with Crippen LogP contribution < -0.4 is 16.2 Å². The van der Waals surface area contributed by atoms with Crippen molar-refractivity contribution >= 4 is 15.6 Å². The van der Waals surface area contributed by atoms with Crippen LogP contribution in [0.5, 0.6) is 5.75 Å². The Morgan fingerprint density at radius 2 is 1.77 bits per heavy atom. The van der Waals surface area contributed by atoms with Gasteiger partial charge in [-0.15, -0.1) is 0 Å². The van der Waals surface area contributed by atoms with E-state index >= 15 is 0 Å². The zero-order valence-electron chi connectivity index (χ0n) is 8.30. The minimum atomic E-state index is 0. The molecule has 0 aliphatic carbocycles. The molecule has 3 heteroatoms. The molecule has 0 saturated carbocycles. The minimum Gasteiger partial charge on any atom is -1.00 e. The molecule has 0 fully saturated rings. The quantitative estimate of drug-likeness (QED) is 0.628. The maximum Gasteiger partial charge on any atom is -1.00 e. The van der Waals surface area contributed by atoms with Crippen LogP contribution in [0.1, 0.15) is 18.1 Å². The Hall–Kier alpha value is -0.158. The van der Waals surface area contributed by atoms with Gasteiger partial charge in [0.15, 0.2) is 0 Å². The normalized spacial score (nSPS) is 8.54. The Morgan fingerprint density at radius 1 is 1.23 bits per heavy atom. The molecule has 1 aromatic rings. The van der Waals surface area contributed by atoms with Crippen LogP contribution in [0.3, 0.4) is 0 Å². The number of halogens is 1. The summed E-state index contributed by atoms with van der Waals surface area (Å²) < 4.78 is 5.70. The van der Waals surface area contributed by atoms with Crippen molar-refractivity contribution in [3.63, 3.8) is 0 Å². The molecule has 0 aromatic heterocycles. The van der Waals surface area contributed by atoms with Crippen LogP contribution in [-0.2, 0) is 0 Å². The van der Waals surface area contributed by atoms with Crippen molar-refractivity contribution in [2.24, 2.45) is 0 Å². The molecule has 13 heavy (non-hydrogen) atoms. The van der Waals surface area contributed by atoms with Crippen molar-refractivity contribution in [3.05, 3.63) is 29.3 Å². The second kappa shape index (κ2) is 6.32. The van der Waals surface area contributed by atoms with E-state index in [1.165, 1.54) is 11.1 Å². The fourth-order valence-electron chi connectivity index (χ4n) is 1.15. The summed E-state index contributed by atoms with van der Waals surface area (Å²) in [5.41, 5.74) is 2.49. The standard InChI is InChI=1S/C8H10O.C2H5.Al.ClH/c1-6-4-3-5-7(2)8(6)9;1-2;;/h3-5,9H,1-2H3;1H2,2H3;;1H/q;;+2;/p-2. The molecule has 70 valence electrons. The van der Waals surface area contributed by atoms with Crippen molar-refractivity contribution in [2.75, 3.05) is 0 Å². The van der Waals surface area contributed by atoms with Crippen LogP contribution in [0.25, 0.3) is 0 Å². The first-order valence-electron chi connectivity index (χ1n) is 4.30. The number of aryl methyl sites for hydroxylation is 2. The summed E-state index contributed by atoms with van der Waals surface area (Å²) in [6.07, 6.45) is 0. The molecule has 0 amide bonds. The molecule has 0 spiro atoms. The number of rotatable bonds is 3. The van der Waals surface area contributed by atoms with Gasteiger partial charge in [-0.05, 0) is 0 Å². The summed E-state index contributed by atoms with van der Waals surface area (Å²) in [5.74, 6) is 1.09. The smallest absolute Gasteiger partial charge is 1.00 e. The SMILES string of the molecule is C[CH2][Al+][O]c1c(C)cccc1C.[Cl-]. The summed E-state index contributed by atoms with van der Waals surface area (Å²) in [6, 6.07) is 6.26. The Bertz CT molecular complexity index is 243. The maximum atomic E-state index is 5.70. The third kappa shape index (κ3) is 3.60. The second-order valence-corrected chi connectivity index (χ2v) is 4.30. The monoisotopic (exact) mass is 212 g/mol. The predicted octanol–water partition coefficient (Wildman–Crippen LogP) is -0.256. The summed E-state index contributed by atoms with van der Waals surface area (Å²) in [6.45, 7) is 6.35. The van der Waals surface area contributed by atoms with Gasteiger partial charge in [0.05, 0.1) is 0 Å². The molecular weight excluding hydrogens is 199 g/mol. The van der Waals surface area contributed by atoms with Crippen molar-refractivity contribution in [3.8, 4) is 5.75 Å². The van der Waals surface area contributed by atoms with E-state index in [0.717, 1.165) is 11.0 Å². The summed E-state index contributed by atoms with van der Waals surface area (Å²) in [7, 11) is 0. The largest absolute Gasteiger partial charge is 1.00 e. The molecule has 0 aliphatic heterocycles. The van der Waals surface area contributed by atoms with Crippen molar-refractivity contribution < 1.29 is 16.2 Å². The minimum absolute atomic E-state index is 0. The van der Waals surface area contributed by atoms with E-state index < -0.39 is 0 Å². The fourth-order valence-corrected chi connectivity index (χ4v) is 1.86. The maximum absolute atomic E-state index is 5.70. The van der Waals surface area contributed by atoms with Gasteiger partial charge in [0.25, 0.3) is 0 Å². The molecule has 0 atom stereocenters. The first-order valence-corrected chi connectivity index (χ1v) is 5.59. The van der Waals surface area contributed by atoms with Gasteiger partial charge in [0.2, 0.25) is 0 Å². The third-order valence-electron chi connectivity index (χ3n) is 1.78. The molecule has 0 saturated heterocycles. The molecule has 0 aliphatic rings. The topological polar surface area (TPSA) is 9.23 Å². The van der Waals surface area contributed by atoms with Crippen LogP contribution in [0, 0.1) is 13.8 Å². The van der Waals surface area contributed by atoms with Gasteiger partial charge in [-0.2, -0.15) is 0 Å². The molecule has 0 heterocycles. The number of para-hydroxylation sites is 1. The van der Waals surface area contributed by atoms with Gasteiger partial charge in [-0.25, -0.2) is 0 Å². The van der Waals surface area contributed by atoms with Crippen LogP contribution >= 0.6 is 0 Å². The Labute approximate surface area is 93.0 Å². The Kier molecular flexibility index (Phi) is 6.24. The van der Waals surface area contributed by atoms with Gasteiger partial charge in [-0.3, -0.25) is 0 Å². The van der Waals surface area contributed by atoms with Crippen LogP contribution in [0.15, 0.2) is 18.2 Å². The molecule has 0 unspecified atom stereocenters. The molecule has 1 rings (SSSR count). The molecule has 0 radical (unpaired) electrons. The molecule has 1 nitrogen and oxygen atoms in total. The van der Waals surface area contributed by atoms with E-state index in [-0.39, 0.29) is 28.0 Å². The molecular formula is C10H14AlClO. The first kappa shape index (κ1) is 12.8. The fraction of sp³-hybridized carbons (Fsp3) is 0.400. The van der Waals surface area contributed by atoms with Crippen LogP contribution in [0.4, 0.5) is 0 Å². The van der Waals surface area contributed by atoms with Crippen molar-refractivity contribution in [2.45, 2.75) is 26.1 Å². The van der Waals surface area contributed by atoms with Gasteiger partial charge in [-0.1, -0.05) is 0 Å². The van der Waals surface area contributed by atoms with Crippen LogP contribution in [0.2, 0.25) is 5.28 Å². The number of benzene rings is 1. The van der Waals surface area contributed by atoms with E-state index in [2.05, 4.69) is 39.0 Å². The summed E-state index contributed by atoms with van der Waals surface area (Å²) in [4.78, 5) is 0. The van der Waals surface area contributed by atoms with Crippen molar-refractivity contribution in [1.82, 2.24) is 0 Å². The van der Waals surface area contributed by atoms with Crippen LogP contribution in [-0.4, -0.2) is 15.6 Å². The average Bonchev–Trinajstić information content (AvgIpc) is 2.04. The third-order valence-corrected chi connectivity index (χ3v) is 2.51. The van der Waals surface area contributed by atoms with Gasteiger partial charge in [0, 0.05) is 0 Å². The Morgan fingerprint density at radius 3 is 2.23 bits per heavy atom. The van der Waals surface area contributed by atoms with E-state index in [1.807, 2.05) is 0 Å². The number of hydrogen-bond donors (Lipinski definition) is 0. The van der Waals surface area contributed by atoms with Crippen molar-refractivity contribution in [1.29, 1.82) is 0 Å². The Balaban J connectivity index is 0.00000144. The summed E-state index contributed by atoms with van der Waals surface area (Å²) in [5, 5.41) is 1.15. The molecule has 1 aromatic carbocycles. The van der Waals surface area contributed by atoms with E-state index in [9.17, 15) is 0 Å². The average molecular weight is 213 g/mol. The van der Waals surface area contributed by atoms with E-state index in [0.29, 0.717) is 0 Å². The number of hydrogen-bond acceptors (Lipinski definition) is 1. The zero-order valence-corrected chi connectivity index (χ0v) is 10.2. The summed E-state index contributed by atoms with van der Waals surface area (Å²) >= 11 is 0.133. The molecule has 0 N–H and O–H groups in total. The predicted molar refractivity (Wildman–Crippen MR) is 52.8 cm³/mol. The van der Waals surface area contributed by atoms with E-state index in [1.54, 1.807) is 0 Å². The van der Waals surface area contributed by atoms with Gasteiger partial charge in [0.1, 0.15) is 0 Å². The molecule has 0 bridgehead atoms. The zero-order chi connectivity index (χ0) is 8.97.